The molecular formula is C19H26OS2. The molecule has 0 radical (unpaired) electrons. The third-order valence-corrected chi connectivity index (χ3v) is 6.28. The molecule has 0 aromatic carbocycles. The molecule has 0 spiro atoms. The van der Waals surface area contributed by atoms with Crippen LogP contribution in [0.4, 0.5) is 0 Å². The fourth-order valence-corrected chi connectivity index (χ4v) is 4.59. The maximum absolute atomic E-state index is 10.8. The Balaban J connectivity index is 1.66. The molecule has 0 amide bonds. The first-order valence-electron chi connectivity index (χ1n) is 8.47. The summed E-state index contributed by atoms with van der Waals surface area (Å²) < 4.78 is 0. The van der Waals surface area contributed by atoms with Gasteiger partial charge in [-0.15, -0.1) is 22.7 Å². The van der Waals surface area contributed by atoms with Crippen molar-refractivity contribution in [2.75, 3.05) is 0 Å². The van der Waals surface area contributed by atoms with E-state index in [4.69, 9.17) is 0 Å². The van der Waals surface area contributed by atoms with Crippen LogP contribution >= 0.6 is 22.7 Å². The minimum atomic E-state index is 0.813. The highest BCUT2D eigenvalue weighted by Crippen LogP contribution is 2.33. The van der Waals surface area contributed by atoms with Crippen molar-refractivity contribution in [3.8, 4) is 9.75 Å². The van der Waals surface area contributed by atoms with Gasteiger partial charge in [-0.2, -0.15) is 0 Å². The quantitative estimate of drug-likeness (QED) is 0.320. The summed E-state index contributed by atoms with van der Waals surface area (Å²) in [5.74, 6) is 0. The molecule has 0 aliphatic heterocycles. The van der Waals surface area contributed by atoms with Gasteiger partial charge in [-0.1, -0.05) is 51.9 Å². The van der Waals surface area contributed by atoms with Crippen LogP contribution in [-0.2, 0) is 6.42 Å². The Morgan fingerprint density at radius 1 is 0.818 bits per heavy atom. The van der Waals surface area contributed by atoms with E-state index in [1.54, 1.807) is 11.3 Å². The highest BCUT2D eigenvalue weighted by Gasteiger charge is 2.06. The lowest BCUT2D eigenvalue weighted by Crippen LogP contribution is -1.83. The van der Waals surface area contributed by atoms with Gasteiger partial charge in [0.2, 0.25) is 0 Å². The first-order chi connectivity index (χ1) is 10.8. The van der Waals surface area contributed by atoms with Gasteiger partial charge in [0.15, 0.2) is 6.29 Å². The molecule has 22 heavy (non-hydrogen) atoms. The largest absolute Gasteiger partial charge is 0.297 e. The summed E-state index contributed by atoms with van der Waals surface area (Å²) >= 11 is 3.46. The van der Waals surface area contributed by atoms with Gasteiger partial charge >= 0.3 is 0 Å². The maximum Gasteiger partial charge on any atom is 0.160 e. The fourth-order valence-electron chi connectivity index (χ4n) is 2.63. The predicted molar refractivity (Wildman–Crippen MR) is 99.3 cm³/mol. The second-order valence-electron chi connectivity index (χ2n) is 5.81. The summed E-state index contributed by atoms with van der Waals surface area (Å²) in [5, 5.41) is 0. The monoisotopic (exact) mass is 334 g/mol. The lowest BCUT2D eigenvalue weighted by molar-refractivity contribution is 0.112. The molecule has 0 aliphatic carbocycles. The first kappa shape index (κ1) is 17.4. The Kier molecular flexibility index (Phi) is 7.89. The smallest absolute Gasteiger partial charge is 0.160 e. The van der Waals surface area contributed by atoms with E-state index in [0.717, 1.165) is 11.2 Å². The van der Waals surface area contributed by atoms with Crippen LogP contribution in [0.15, 0.2) is 24.3 Å². The molecule has 120 valence electrons. The van der Waals surface area contributed by atoms with Crippen LogP contribution in [0, 0.1) is 0 Å². The third kappa shape index (κ3) is 5.69. The van der Waals surface area contributed by atoms with E-state index in [0.29, 0.717) is 0 Å². The molecule has 1 nitrogen and oxygen atoms in total. The maximum atomic E-state index is 10.8. The zero-order valence-corrected chi connectivity index (χ0v) is 15.1. The van der Waals surface area contributed by atoms with Gasteiger partial charge < -0.3 is 0 Å². The van der Waals surface area contributed by atoms with E-state index in [9.17, 15) is 4.79 Å². The van der Waals surface area contributed by atoms with Crippen molar-refractivity contribution in [1.29, 1.82) is 0 Å². The molecule has 0 fully saturated rings. The molecule has 0 aliphatic rings. The standard InChI is InChI=1S/C19H26OS2/c1-2-3-4-5-6-7-8-9-10-16-11-13-18(21-16)19-14-12-17(15-20)22-19/h11-15H,2-10H2,1H3. The van der Waals surface area contributed by atoms with Gasteiger partial charge in [-0.3, -0.25) is 4.79 Å². The van der Waals surface area contributed by atoms with Crippen LogP contribution < -0.4 is 0 Å². The number of carbonyl (C=O) groups excluding carboxylic acids is 1. The number of hydrogen-bond acceptors (Lipinski definition) is 3. The van der Waals surface area contributed by atoms with E-state index in [-0.39, 0.29) is 0 Å². The molecule has 0 unspecified atom stereocenters. The number of rotatable bonds is 11. The molecule has 2 heterocycles. The van der Waals surface area contributed by atoms with Crippen molar-refractivity contribution >= 4 is 29.0 Å². The molecule has 0 bridgehead atoms. The van der Waals surface area contributed by atoms with Gasteiger partial charge in [0.05, 0.1) is 4.88 Å². The summed E-state index contributed by atoms with van der Waals surface area (Å²) in [7, 11) is 0. The van der Waals surface area contributed by atoms with Crippen molar-refractivity contribution in [2.24, 2.45) is 0 Å². The van der Waals surface area contributed by atoms with Crippen molar-refractivity contribution < 1.29 is 4.79 Å². The topological polar surface area (TPSA) is 17.1 Å². The van der Waals surface area contributed by atoms with Crippen LogP contribution in [0.2, 0.25) is 0 Å². The van der Waals surface area contributed by atoms with Gasteiger partial charge in [-0.05, 0) is 37.1 Å². The summed E-state index contributed by atoms with van der Waals surface area (Å²) in [5.41, 5.74) is 0. The highest BCUT2D eigenvalue weighted by molar-refractivity contribution is 7.22. The fraction of sp³-hybridized carbons (Fsp3) is 0.526. The number of thiophene rings is 2. The lowest BCUT2D eigenvalue weighted by Gasteiger charge is -2.00. The molecule has 2 aromatic rings. The Labute approximate surface area is 142 Å². The van der Waals surface area contributed by atoms with E-state index >= 15 is 0 Å². The third-order valence-electron chi connectivity index (χ3n) is 3.92. The van der Waals surface area contributed by atoms with Gasteiger partial charge in [-0.25, -0.2) is 0 Å². The van der Waals surface area contributed by atoms with Crippen LogP contribution in [-0.4, -0.2) is 6.29 Å². The predicted octanol–water partition coefficient (Wildman–Crippen LogP) is 6.97. The Morgan fingerprint density at radius 2 is 1.45 bits per heavy atom. The molecule has 2 rings (SSSR count). The molecule has 3 heteroatoms. The minimum absolute atomic E-state index is 0.813. The molecule has 2 aromatic heterocycles. The number of aryl methyl sites for hydroxylation is 1. The number of hydrogen-bond donors (Lipinski definition) is 0. The van der Waals surface area contributed by atoms with Crippen molar-refractivity contribution in [1.82, 2.24) is 0 Å². The molecular weight excluding hydrogens is 308 g/mol. The zero-order chi connectivity index (χ0) is 15.6. The molecule has 0 N–H and O–H groups in total. The number of unbranched alkanes of at least 4 members (excludes halogenated alkanes) is 7. The van der Waals surface area contributed by atoms with Crippen LogP contribution in [0.1, 0.15) is 72.8 Å². The van der Waals surface area contributed by atoms with Crippen LogP contribution in [0.25, 0.3) is 9.75 Å². The molecule has 0 saturated heterocycles. The summed E-state index contributed by atoms with van der Waals surface area (Å²) in [6.45, 7) is 2.27. The Morgan fingerprint density at radius 3 is 2.14 bits per heavy atom. The zero-order valence-electron chi connectivity index (χ0n) is 13.5. The van der Waals surface area contributed by atoms with Crippen molar-refractivity contribution in [3.05, 3.63) is 34.0 Å². The Bertz CT molecular complexity index is 553. The SMILES string of the molecule is CCCCCCCCCCc1ccc(-c2ccc(C=O)s2)s1. The van der Waals surface area contributed by atoms with E-state index in [1.165, 1.54) is 72.4 Å². The average Bonchev–Trinajstić information content (AvgIpc) is 3.18. The van der Waals surface area contributed by atoms with E-state index in [1.807, 2.05) is 17.4 Å². The van der Waals surface area contributed by atoms with Crippen molar-refractivity contribution in [2.45, 2.75) is 64.7 Å². The van der Waals surface area contributed by atoms with E-state index < -0.39 is 0 Å². The minimum Gasteiger partial charge on any atom is -0.297 e. The van der Waals surface area contributed by atoms with Crippen LogP contribution in [0.3, 0.4) is 0 Å². The highest BCUT2D eigenvalue weighted by atomic mass is 32.1. The summed E-state index contributed by atoms with van der Waals surface area (Å²) in [6.07, 6.45) is 13.1. The summed E-state index contributed by atoms with van der Waals surface area (Å²) in [4.78, 5) is 15.6. The first-order valence-corrected chi connectivity index (χ1v) is 10.1. The van der Waals surface area contributed by atoms with Gasteiger partial charge in [0.1, 0.15) is 0 Å². The summed E-state index contributed by atoms with van der Waals surface area (Å²) in [6, 6.07) is 8.41. The van der Waals surface area contributed by atoms with Crippen molar-refractivity contribution in [3.63, 3.8) is 0 Å². The molecule has 0 saturated carbocycles. The second-order valence-corrected chi connectivity index (χ2v) is 8.09. The second kappa shape index (κ2) is 9.96. The molecule has 0 atom stereocenters. The number of aldehydes is 1. The normalized spacial score (nSPS) is 11.0. The van der Waals surface area contributed by atoms with Gasteiger partial charge in [0.25, 0.3) is 0 Å². The van der Waals surface area contributed by atoms with E-state index in [2.05, 4.69) is 25.1 Å². The lowest BCUT2D eigenvalue weighted by atomic mass is 10.1. The van der Waals surface area contributed by atoms with Crippen LogP contribution in [0.5, 0.6) is 0 Å². The number of carbonyl (C=O) groups is 1. The van der Waals surface area contributed by atoms with Gasteiger partial charge in [0, 0.05) is 14.6 Å². The Hall–Kier alpha value is -0.930. The average molecular weight is 335 g/mol.